The zero-order valence-electron chi connectivity index (χ0n) is 14.6. The standard InChI is InChI=1S/C21H26N2O2/c24-20(12-10-16-5-2-1-3-6-16)23-14-17-9-11-19(23)15-22(13-17)21(25)18-7-4-8-18/h1-3,5-6,10,12,17-19H,4,7-9,11,13-15H2/t17-,19+/m0/s1. The Morgan fingerprint density at radius 3 is 2.48 bits per heavy atom. The molecule has 25 heavy (non-hydrogen) atoms. The van der Waals surface area contributed by atoms with Gasteiger partial charge in [-0.15, -0.1) is 0 Å². The third-order valence-electron chi connectivity index (χ3n) is 5.98. The first-order chi connectivity index (χ1) is 12.2. The van der Waals surface area contributed by atoms with E-state index in [-0.39, 0.29) is 17.9 Å². The van der Waals surface area contributed by atoms with E-state index in [4.69, 9.17) is 0 Å². The molecule has 2 atom stereocenters. The van der Waals surface area contributed by atoms with Crippen LogP contribution in [0.1, 0.15) is 37.7 Å². The van der Waals surface area contributed by atoms with Crippen molar-refractivity contribution >= 4 is 17.9 Å². The molecular formula is C21H26N2O2. The Morgan fingerprint density at radius 2 is 1.76 bits per heavy atom. The van der Waals surface area contributed by atoms with Gasteiger partial charge in [-0.1, -0.05) is 36.8 Å². The lowest BCUT2D eigenvalue weighted by Gasteiger charge is -2.35. The first kappa shape index (κ1) is 16.4. The highest BCUT2D eigenvalue weighted by atomic mass is 16.2. The van der Waals surface area contributed by atoms with Gasteiger partial charge in [0, 0.05) is 37.7 Å². The van der Waals surface area contributed by atoms with E-state index in [1.165, 1.54) is 6.42 Å². The summed E-state index contributed by atoms with van der Waals surface area (Å²) in [5, 5.41) is 0. The zero-order chi connectivity index (χ0) is 17.2. The van der Waals surface area contributed by atoms with Crippen LogP contribution in [0.2, 0.25) is 0 Å². The van der Waals surface area contributed by atoms with E-state index >= 15 is 0 Å². The second-order valence-corrected chi connectivity index (χ2v) is 7.70. The quantitative estimate of drug-likeness (QED) is 0.795. The molecule has 4 heteroatoms. The van der Waals surface area contributed by atoms with Crippen molar-refractivity contribution in [3.05, 3.63) is 42.0 Å². The highest BCUT2D eigenvalue weighted by Crippen LogP contribution is 2.33. The monoisotopic (exact) mass is 338 g/mol. The number of amides is 2. The fourth-order valence-electron chi connectivity index (χ4n) is 4.27. The molecular weight excluding hydrogens is 312 g/mol. The van der Waals surface area contributed by atoms with Crippen LogP contribution in [0, 0.1) is 11.8 Å². The average molecular weight is 338 g/mol. The van der Waals surface area contributed by atoms with Crippen LogP contribution in [0.4, 0.5) is 0 Å². The van der Waals surface area contributed by atoms with E-state index in [9.17, 15) is 9.59 Å². The summed E-state index contributed by atoms with van der Waals surface area (Å²) < 4.78 is 0. The first-order valence-electron chi connectivity index (χ1n) is 9.53. The Bertz CT molecular complexity index is 666. The van der Waals surface area contributed by atoms with Crippen molar-refractivity contribution in [1.82, 2.24) is 9.80 Å². The van der Waals surface area contributed by atoms with E-state index in [1.54, 1.807) is 6.08 Å². The number of hydrogen-bond acceptors (Lipinski definition) is 2. The molecule has 1 saturated carbocycles. The molecule has 3 aliphatic heterocycles. The summed E-state index contributed by atoms with van der Waals surface area (Å²) in [5.74, 6) is 1.09. The highest BCUT2D eigenvalue weighted by Gasteiger charge is 2.40. The van der Waals surface area contributed by atoms with Crippen molar-refractivity contribution in [3.8, 4) is 0 Å². The number of nitrogens with zero attached hydrogens (tertiary/aromatic N) is 2. The number of piperidine rings is 1. The van der Waals surface area contributed by atoms with Crippen molar-refractivity contribution in [3.63, 3.8) is 0 Å². The van der Waals surface area contributed by atoms with Gasteiger partial charge in [0.25, 0.3) is 0 Å². The SMILES string of the molecule is O=C(C1CCC1)N1C[C@@H]2CC[C@H](C1)N(C(=O)C=Cc1ccccc1)C2. The molecule has 1 aromatic carbocycles. The highest BCUT2D eigenvalue weighted by molar-refractivity contribution is 5.92. The zero-order valence-corrected chi connectivity index (χ0v) is 14.6. The van der Waals surface area contributed by atoms with Crippen LogP contribution >= 0.6 is 0 Å². The van der Waals surface area contributed by atoms with Crippen LogP contribution in [-0.4, -0.2) is 47.3 Å². The fraction of sp³-hybridized carbons (Fsp3) is 0.524. The molecule has 4 aliphatic rings. The number of rotatable bonds is 3. The lowest BCUT2D eigenvalue weighted by Crippen LogP contribution is -2.47. The molecule has 132 valence electrons. The number of benzene rings is 1. The van der Waals surface area contributed by atoms with Gasteiger partial charge in [-0.05, 0) is 43.2 Å². The summed E-state index contributed by atoms with van der Waals surface area (Å²) in [5.41, 5.74) is 1.04. The minimum absolute atomic E-state index is 0.0801. The van der Waals surface area contributed by atoms with Crippen molar-refractivity contribution in [1.29, 1.82) is 0 Å². The molecule has 2 amide bonds. The van der Waals surface area contributed by atoms with Crippen molar-refractivity contribution in [2.24, 2.45) is 11.8 Å². The summed E-state index contributed by atoms with van der Waals surface area (Å²) >= 11 is 0. The molecule has 4 fully saturated rings. The summed E-state index contributed by atoms with van der Waals surface area (Å²) in [7, 11) is 0. The van der Waals surface area contributed by atoms with Gasteiger partial charge < -0.3 is 9.80 Å². The summed E-state index contributed by atoms with van der Waals surface area (Å²) in [6, 6.07) is 10.1. The Balaban J connectivity index is 1.44. The lowest BCUT2D eigenvalue weighted by atomic mass is 9.84. The third-order valence-corrected chi connectivity index (χ3v) is 5.98. The number of carbonyl (C=O) groups excluding carboxylic acids is 2. The van der Waals surface area contributed by atoms with Gasteiger partial charge >= 0.3 is 0 Å². The number of carbonyl (C=O) groups is 2. The molecule has 0 aromatic heterocycles. The van der Waals surface area contributed by atoms with Gasteiger partial charge in [-0.3, -0.25) is 9.59 Å². The smallest absolute Gasteiger partial charge is 0.246 e. The fourth-order valence-corrected chi connectivity index (χ4v) is 4.27. The molecule has 4 nitrogen and oxygen atoms in total. The normalized spacial score (nSPS) is 26.6. The van der Waals surface area contributed by atoms with Crippen molar-refractivity contribution < 1.29 is 9.59 Å². The van der Waals surface area contributed by atoms with Crippen LogP contribution < -0.4 is 0 Å². The van der Waals surface area contributed by atoms with Gasteiger partial charge in [-0.2, -0.15) is 0 Å². The van der Waals surface area contributed by atoms with Crippen LogP contribution in [-0.2, 0) is 9.59 Å². The minimum atomic E-state index is 0.0801. The van der Waals surface area contributed by atoms with Crippen molar-refractivity contribution in [2.75, 3.05) is 19.6 Å². The molecule has 1 aromatic rings. The summed E-state index contributed by atoms with van der Waals surface area (Å²) in [4.78, 5) is 29.4. The molecule has 0 radical (unpaired) electrons. The van der Waals surface area contributed by atoms with Gasteiger partial charge in [0.15, 0.2) is 0 Å². The predicted molar refractivity (Wildman–Crippen MR) is 97.6 cm³/mol. The van der Waals surface area contributed by atoms with E-state index in [2.05, 4.69) is 4.90 Å². The third kappa shape index (κ3) is 3.48. The average Bonchev–Trinajstić information content (AvgIpc) is 2.91. The van der Waals surface area contributed by atoms with E-state index < -0.39 is 0 Å². The summed E-state index contributed by atoms with van der Waals surface area (Å²) in [6.07, 6.45) is 9.01. The van der Waals surface area contributed by atoms with Crippen LogP contribution in [0.15, 0.2) is 36.4 Å². The Hall–Kier alpha value is -2.10. The van der Waals surface area contributed by atoms with Gasteiger partial charge in [0.05, 0.1) is 0 Å². The summed E-state index contributed by atoms with van der Waals surface area (Å²) in [6.45, 7) is 2.34. The van der Waals surface area contributed by atoms with Gasteiger partial charge in [0.1, 0.15) is 0 Å². The second-order valence-electron chi connectivity index (χ2n) is 7.70. The van der Waals surface area contributed by atoms with Gasteiger partial charge in [0.2, 0.25) is 11.8 Å². The molecule has 2 bridgehead atoms. The Kier molecular flexibility index (Phi) is 4.60. The van der Waals surface area contributed by atoms with Gasteiger partial charge in [-0.25, -0.2) is 0 Å². The van der Waals surface area contributed by atoms with E-state index in [0.29, 0.717) is 11.8 Å². The van der Waals surface area contributed by atoms with Crippen LogP contribution in [0.5, 0.6) is 0 Å². The maximum Gasteiger partial charge on any atom is 0.246 e. The topological polar surface area (TPSA) is 40.6 Å². The lowest BCUT2D eigenvalue weighted by molar-refractivity contribution is -0.139. The molecule has 0 N–H and O–H groups in total. The first-order valence-corrected chi connectivity index (χ1v) is 9.53. The molecule has 3 heterocycles. The van der Waals surface area contributed by atoms with E-state index in [1.807, 2.05) is 41.3 Å². The minimum Gasteiger partial charge on any atom is -0.340 e. The molecule has 0 unspecified atom stereocenters. The predicted octanol–water partition coefficient (Wildman–Crippen LogP) is 2.95. The van der Waals surface area contributed by atoms with E-state index in [0.717, 1.165) is 50.9 Å². The number of fused-ring (bicyclic) bond motifs is 4. The Morgan fingerprint density at radius 1 is 0.960 bits per heavy atom. The number of hydrogen-bond donors (Lipinski definition) is 0. The largest absolute Gasteiger partial charge is 0.340 e. The molecule has 0 spiro atoms. The maximum absolute atomic E-state index is 12.7. The maximum atomic E-state index is 12.7. The Labute approximate surface area is 149 Å². The molecule has 5 rings (SSSR count). The molecule has 3 saturated heterocycles. The van der Waals surface area contributed by atoms with Crippen LogP contribution in [0.3, 0.4) is 0 Å². The second kappa shape index (κ2) is 7.03. The van der Waals surface area contributed by atoms with Crippen molar-refractivity contribution in [2.45, 2.75) is 38.1 Å². The van der Waals surface area contributed by atoms with Crippen LogP contribution in [0.25, 0.3) is 6.08 Å². The molecule has 1 aliphatic carbocycles.